The van der Waals surface area contributed by atoms with Crippen molar-refractivity contribution in [3.8, 4) is 6.07 Å². The summed E-state index contributed by atoms with van der Waals surface area (Å²) in [6, 6.07) is 6.26. The zero-order valence-corrected chi connectivity index (χ0v) is 13.7. The first-order chi connectivity index (χ1) is 9.54. The normalized spacial score (nSPS) is 18.0. The van der Waals surface area contributed by atoms with Crippen molar-refractivity contribution in [1.82, 2.24) is 10.0 Å². The van der Waals surface area contributed by atoms with Crippen LogP contribution in [-0.2, 0) is 10.0 Å². The lowest BCUT2D eigenvalue weighted by atomic mass is 10.1. The molecule has 0 bridgehead atoms. The highest BCUT2D eigenvalue weighted by atomic mass is 35.5. The second-order valence-corrected chi connectivity index (χ2v) is 6.91. The highest BCUT2D eigenvalue weighted by Gasteiger charge is 2.21. The van der Waals surface area contributed by atoms with Crippen LogP contribution in [0.3, 0.4) is 0 Å². The van der Waals surface area contributed by atoms with Crippen LogP contribution >= 0.6 is 24.0 Å². The molecule has 1 unspecified atom stereocenters. The molecular formula is C13H17Cl2N3O2S. The average molecular weight is 350 g/mol. The Morgan fingerprint density at radius 1 is 1.48 bits per heavy atom. The smallest absolute Gasteiger partial charge is 0.241 e. The second kappa shape index (κ2) is 7.97. The third kappa shape index (κ3) is 4.56. The molecule has 1 aromatic carbocycles. The first-order valence-electron chi connectivity index (χ1n) is 6.43. The lowest BCUT2D eigenvalue weighted by molar-refractivity contribution is 0.519. The molecule has 2 N–H and O–H groups in total. The number of hydrogen-bond donors (Lipinski definition) is 2. The molecule has 1 fully saturated rings. The summed E-state index contributed by atoms with van der Waals surface area (Å²) in [6.45, 7) is 2.29. The van der Waals surface area contributed by atoms with Crippen LogP contribution in [-0.4, -0.2) is 28.1 Å². The Morgan fingerprint density at radius 3 is 2.86 bits per heavy atom. The lowest BCUT2D eigenvalue weighted by Crippen LogP contribution is -2.27. The first-order valence-corrected chi connectivity index (χ1v) is 8.29. The lowest BCUT2D eigenvalue weighted by Gasteiger charge is -2.11. The van der Waals surface area contributed by atoms with E-state index in [0.29, 0.717) is 12.5 Å². The fraction of sp³-hybridized carbons (Fsp3) is 0.462. The standard InChI is InChI=1S/C13H16ClN3O2S.ClH/c14-12-2-1-3-13(11(12)8-15)20(18,19)17-7-5-10-4-6-16-9-10;/h1-3,10,16-17H,4-7,9H2;1H. The number of nitrogens with one attached hydrogen (secondary N) is 2. The molecule has 21 heavy (non-hydrogen) atoms. The van der Waals surface area contributed by atoms with Gasteiger partial charge in [-0.25, -0.2) is 13.1 Å². The Labute approximate surface area is 136 Å². The van der Waals surface area contributed by atoms with E-state index < -0.39 is 10.0 Å². The zero-order valence-electron chi connectivity index (χ0n) is 11.3. The predicted molar refractivity (Wildman–Crippen MR) is 84.2 cm³/mol. The Bertz CT molecular complexity index is 623. The van der Waals surface area contributed by atoms with Gasteiger partial charge in [-0.1, -0.05) is 17.7 Å². The fourth-order valence-corrected chi connectivity index (χ4v) is 3.77. The van der Waals surface area contributed by atoms with Crippen LogP contribution in [0.5, 0.6) is 0 Å². The molecule has 116 valence electrons. The Hall–Kier alpha value is -0.840. The minimum Gasteiger partial charge on any atom is -0.316 e. The monoisotopic (exact) mass is 349 g/mol. The number of nitrogens with zero attached hydrogens (tertiary/aromatic N) is 1. The van der Waals surface area contributed by atoms with Crippen molar-refractivity contribution in [1.29, 1.82) is 5.26 Å². The van der Waals surface area contributed by atoms with Crippen LogP contribution in [0.2, 0.25) is 5.02 Å². The molecule has 0 aromatic heterocycles. The molecular weight excluding hydrogens is 333 g/mol. The Balaban J connectivity index is 0.00000220. The Morgan fingerprint density at radius 2 is 2.24 bits per heavy atom. The first kappa shape index (κ1) is 18.2. The van der Waals surface area contributed by atoms with E-state index in [0.717, 1.165) is 25.9 Å². The van der Waals surface area contributed by atoms with E-state index in [1.807, 2.05) is 6.07 Å². The Kier molecular flexibility index (Phi) is 6.91. The van der Waals surface area contributed by atoms with Crippen molar-refractivity contribution in [3.63, 3.8) is 0 Å². The van der Waals surface area contributed by atoms with Crippen molar-refractivity contribution in [2.24, 2.45) is 5.92 Å². The molecule has 1 heterocycles. The molecule has 5 nitrogen and oxygen atoms in total. The van der Waals surface area contributed by atoms with Crippen LogP contribution in [0.15, 0.2) is 23.1 Å². The molecule has 0 saturated carbocycles. The van der Waals surface area contributed by atoms with Gasteiger partial charge >= 0.3 is 0 Å². The summed E-state index contributed by atoms with van der Waals surface area (Å²) in [5.41, 5.74) is -0.0100. The van der Waals surface area contributed by atoms with Crippen molar-refractivity contribution < 1.29 is 8.42 Å². The number of benzene rings is 1. The van der Waals surface area contributed by atoms with E-state index in [2.05, 4.69) is 10.0 Å². The van der Waals surface area contributed by atoms with Gasteiger partial charge in [-0.05, 0) is 44.0 Å². The summed E-state index contributed by atoms with van der Waals surface area (Å²) in [6.07, 6.45) is 1.86. The quantitative estimate of drug-likeness (QED) is 0.850. The molecule has 1 aliphatic rings. The van der Waals surface area contributed by atoms with Crippen LogP contribution in [0, 0.1) is 17.2 Å². The largest absolute Gasteiger partial charge is 0.316 e. The van der Waals surface area contributed by atoms with Gasteiger partial charge in [-0.15, -0.1) is 12.4 Å². The van der Waals surface area contributed by atoms with E-state index in [1.54, 1.807) is 0 Å². The summed E-state index contributed by atoms with van der Waals surface area (Å²) in [7, 11) is -3.69. The number of nitriles is 1. The van der Waals surface area contributed by atoms with Crippen LogP contribution in [0.4, 0.5) is 0 Å². The van der Waals surface area contributed by atoms with Gasteiger partial charge in [0, 0.05) is 6.54 Å². The average Bonchev–Trinajstić information content (AvgIpc) is 2.91. The van der Waals surface area contributed by atoms with Gasteiger partial charge in [0.25, 0.3) is 0 Å². The van der Waals surface area contributed by atoms with Gasteiger partial charge in [0.2, 0.25) is 10.0 Å². The van der Waals surface area contributed by atoms with E-state index in [-0.39, 0.29) is 27.9 Å². The molecule has 1 saturated heterocycles. The maximum absolute atomic E-state index is 12.2. The van der Waals surface area contributed by atoms with Gasteiger partial charge in [-0.2, -0.15) is 5.26 Å². The zero-order chi connectivity index (χ0) is 14.6. The minimum absolute atomic E-state index is 0. The van der Waals surface area contributed by atoms with Crippen molar-refractivity contribution in [2.45, 2.75) is 17.7 Å². The van der Waals surface area contributed by atoms with Crippen molar-refractivity contribution in [2.75, 3.05) is 19.6 Å². The third-order valence-corrected chi connectivity index (χ3v) is 5.20. The summed E-state index contributed by atoms with van der Waals surface area (Å²) in [4.78, 5) is -0.0583. The molecule has 0 radical (unpaired) electrons. The van der Waals surface area contributed by atoms with Gasteiger partial charge < -0.3 is 5.32 Å². The number of hydrogen-bond acceptors (Lipinski definition) is 4. The van der Waals surface area contributed by atoms with E-state index >= 15 is 0 Å². The van der Waals surface area contributed by atoms with Gasteiger partial charge in [-0.3, -0.25) is 0 Å². The van der Waals surface area contributed by atoms with E-state index in [4.69, 9.17) is 16.9 Å². The maximum atomic E-state index is 12.2. The SMILES string of the molecule is Cl.N#Cc1c(Cl)cccc1S(=O)(=O)NCCC1CCNC1. The second-order valence-electron chi connectivity index (χ2n) is 4.77. The molecule has 1 atom stereocenters. The van der Waals surface area contributed by atoms with E-state index in [1.165, 1.54) is 18.2 Å². The van der Waals surface area contributed by atoms with Crippen LogP contribution in [0.25, 0.3) is 0 Å². The summed E-state index contributed by atoms with van der Waals surface area (Å²) >= 11 is 5.85. The number of halogens is 2. The molecule has 0 amide bonds. The van der Waals surface area contributed by atoms with Gasteiger partial charge in [0.15, 0.2) is 0 Å². The number of sulfonamides is 1. The highest BCUT2D eigenvalue weighted by molar-refractivity contribution is 7.89. The van der Waals surface area contributed by atoms with E-state index in [9.17, 15) is 8.42 Å². The maximum Gasteiger partial charge on any atom is 0.241 e. The summed E-state index contributed by atoms with van der Waals surface area (Å²) in [5, 5.41) is 12.4. The minimum atomic E-state index is -3.69. The molecule has 0 aliphatic carbocycles. The van der Waals surface area contributed by atoms with Gasteiger partial charge in [0.05, 0.1) is 10.6 Å². The van der Waals surface area contributed by atoms with Crippen molar-refractivity contribution in [3.05, 3.63) is 28.8 Å². The number of rotatable bonds is 5. The van der Waals surface area contributed by atoms with Crippen LogP contribution < -0.4 is 10.0 Å². The summed E-state index contributed by atoms with van der Waals surface area (Å²) < 4.78 is 26.9. The molecule has 1 aromatic rings. The third-order valence-electron chi connectivity index (χ3n) is 3.38. The molecule has 0 spiro atoms. The summed E-state index contributed by atoms with van der Waals surface area (Å²) in [5.74, 6) is 0.507. The topological polar surface area (TPSA) is 82.0 Å². The molecule has 2 rings (SSSR count). The van der Waals surface area contributed by atoms with Gasteiger partial charge in [0.1, 0.15) is 11.0 Å². The predicted octanol–water partition coefficient (Wildman–Crippen LogP) is 1.91. The van der Waals surface area contributed by atoms with Crippen LogP contribution in [0.1, 0.15) is 18.4 Å². The van der Waals surface area contributed by atoms with Crippen molar-refractivity contribution >= 4 is 34.0 Å². The molecule has 1 aliphatic heterocycles. The fourth-order valence-electron chi connectivity index (χ4n) is 2.27. The molecule has 8 heteroatoms. The highest BCUT2D eigenvalue weighted by Crippen LogP contribution is 2.23.